The Morgan fingerprint density at radius 2 is 1.88 bits per heavy atom. The summed E-state index contributed by atoms with van der Waals surface area (Å²) in [5.74, 6) is 0.338. The molecule has 0 saturated carbocycles. The Kier molecular flexibility index (Phi) is 6.93. The Morgan fingerprint density at radius 3 is 2.54 bits per heavy atom. The number of carbonyl (C=O) groups excluding carboxylic acids is 1. The van der Waals surface area contributed by atoms with Crippen molar-refractivity contribution in [2.24, 2.45) is 13.0 Å². The van der Waals surface area contributed by atoms with Gasteiger partial charge in [-0.05, 0) is 74.1 Å². The summed E-state index contributed by atoms with van der Waals surface area (Å²) in [6.45, 7) is 8.63. The molecule has 0 radical (unpaired) electrons. The average molecular weight is 614 g/mol. The average Bonchev–Trinajstić information content (AvgIpc) is 3.56. The molecule has 1 unspecified atom stereocenters. The molecule has 6 rings (SSSR count). The summed E-state index contributed by atoms with van der Waals surface area (Å²) in [5, 5.41) is 4.80. The number of aryl methyl sites for hydroxylation is 2. The molecule has 4 heterocycles. The third-order valence-corrected chi connectivity index (χ3v) is 8.87. The fraction of sp³-hybridized carbons (Fsp3) is 0.312. The quantitative estimate of drug-likeness (QED) is 0.253. The zero-order valence-electron chi connectivity index (χ0n) is 23.9. The molecule has 0 N–H and O–H groups in total. The van der Waals surface area contributed by atoms with E-state index in [0.717, 1.165) is 50.3 Å². The molecule has 2 aromatic carbocycles. The first-order valence-corrected chi connectivity index (χ1v) is 14.7. The molecule has 210 valence electrons. The fourth-order valence-corrected chi connectivity index (χ4v) is 6.09. The molecule has 1 amide bonds. The minimum Gasteiger partial charge on any atom is -0.334 e. The number of hydrogen-bond acceptors (Lipinski definition) is 4. The molecule has 0 spiro atoms. The smallest absolute Gasteiger partial charge is 0.261 e. The van der Waals surface area contributed by atoms with Crippen LogP contribution in [0.15, 0.2) is 70.5 Å². The summed E-state index contributed by atoms with van der Waals surface area (Å²) in [4.78, 5) is 34.1. The van der Waals surface area contributed by atoms with Crippen molar-refractivity contribution in [3.63, 3.8) is 0 Å². The highest BCUT2D eigenvalue weighted by Gasteiger charge is 2.33. The molecule has 0 aliphatic carbocycles. The summed E-state index contributed by atoms with van der Waals surface area (Å²) in [5.41, 5.74) is 7.67. The number of benzene rings is 2. The molecule has 9 heteroatoms. The molecule has 41 heavy (non-hydrogen) atoms. The van der Waals surface area contributed by atoms with Crippen LogP contribution in [0.25, 0.3) is 22.6 Å². The van der Waals surface area contributed by atoms with E-state index in [1.54, 1.807) is 10.9 Å². The Labute approximate surface area is 247 Å². The van der Waals surface area contributed by atoms with Gasteiger partial charge in [-0.25, -0.2) is 9.50 Å². The van der Waals surface area contributed by atoms with Gasteiger partial charge in [-0.1, -0.05) is 41.9 Å². The van der Waals surface area contributed by atoms with E-state index in [-0.39, 0.29) is 17.5 Å². The Morgan fingerprint density at radius 1 is 1.12 bits per heavy atom. The van der Waals surface area contributed by atoms with Gasteiger partial charge in [-0.2, -0.15) is 5.10 Å². The predicted molar refractivity (Wildman–Crippen MR) is 163 cm³/mol. The normalized spacial score (nSPS) is 15.1. The van der Waals surface area contributed by atoms with Crippen LogP contribution in [-0.2, 0) is 26.4 Å². The van der Waals surface area contributed by atoms with Gasteiger partial charge in [0.05, 0.1) is 42.3 Å². The fourth-order valence-electron chi connectivity index (χ4n) is 5.84. The molecule has 1 aliphatic heterocycles. The predicted octanol–water partition coefficient (Wildman–Crippen LogP) is 5.74. The molecule has 3 aromatic heterocycles. The van der Waals surface area contributed by atoms with Crippen LogP contribution in [-0.4, -0.2) is 40.6 Å². The van der Waals surface area contributed by atoms with Crippen LogP contribution in [0.4, 0.5) is 0 Å². The van der Waals surface area contributed by atoms with Crippen molar-refractivity contribution in [2.45, 2.75) is 53.1 Å². The molecule has 0 bridgehead atoms. The van der Waals surface area contributed by atoms with Crippen molar-refractivity contribution in [2.75, 3.05) is 0 Å². The summed E-state index contributed by atoms with van der Waals surface area (Å²) in [6, 6.07) is 13.5. The first-order valence-electron chi connectivity index (χ1n) is 13.9. The number of rotatable bonds is 5. The van der Waals surface area contributed by atoms with Crippen molar-refractivity contribution in [3.8, 4) is 16.9 Å². The lowest BCUT2D eigenvalue weighted by molar-refractivity contribution is 0.0651. The summed E-state index contributed by atoms with van der Waals surface area (Å²) in [7, 11) is 1.96. The molecule has 8 nitrogen and oxygen atoms in total. The van der Waals surface area contributed by atoms with Crippen molar-refractivity contribution < 1.29 is 4.79 Å². The highest BCUT2D eigenvalue weighted by atomic mass is 79.9. The Bertz CT molecular complexity index is 1850. The second-order valence-electron chi connectivity index (χ2n) is 11.5. The standard InChI is InChI=1S/C32H33BrN6O2/c1-19(2)12-24-15-35-39-29-17-37(31(40)23-8-11-27(33)20(3)13-23)21(4)14-26(29)32(41)38(30(24)39)25-9-6-22(7-10-25)28-16-34-18-36(28)5/h6-11,13,15-16,18-19,21H,12,14,17H2,1-5H3. The first kappa shape index (κ1) is 27.2. The lowest BCUT2D eigenvalue weighted by Crippen LogP contribution is -2.46. The second-order valence-corrected chi connectivity index (χ2v) is 12.3. The molecule has 5 aromatic rings. The van der Waals surface area contributed by atoms with Crippen LogP contribution in [0, 0.1) is 12.8 Å². The molecule has 1 aliphatic rings. The minimum atomic E-state index is -0.143. The third kappa shape index (κ3) is 4.72. The third-order valence-electron chi connectivity index (χ3n) is 7.98. The molecular weight excluding hydrogens is 580 g/mol. The molecule has 0 saturated heterocycles. The lowest BCUT2D eigenvalue weighted by atomic mass is 9.97. The van der Waals surface area contributed by atoms with Crippen LogP contribution in [0.2, 0.25) is 0 Å². The maximum Gasteiger partial charge on any atom is 0.261 e. The van der Waals surface area contributed by atoms with Gasteiger partial charge in [0.15, 0.2) is 0 Å². The van der Waals surface area contributed by atoms with Crippen molar-refractivity contribution in [1.29, 1.82) is 0 Å². The second kappa shape index (κ2) is 10.4. The molecular formula is C32H33BrN6O2. The topological polar surface area (TPSA) is 77.4 Å². The highest BCUT2D eigenvalue weighted by Crippen LogP contribution is 2.29. The van der Waals surface area contributed by atoms with Gasteiger partial charge in [0.2, 0.25) is 0 Å². The number of nitrogens with zero attached hydrogens (tertiary/aromatic N) is 6. The zero-order chi connectivity index (χ0) is 29.0. The molecule has 0 fully saturated rings. The van der Waals surface area contributed by atoms with Gasteiger partial charge < -0.3 is 9.47 Å². The summed E-state index contributed by atoms with van der Waals surface area (Å²) < 4.78 is 6.64. The van der Waals surface area contributed by atoms with E-state index in [2.05, 4.69) is 34.8 Å². The van der Waals surface area contributed by atoms with E-state index in [9.17, 15) is 9.59 Å². The first-order chi connectivity index (χ1) is 19.6. The van der Waals surface area contributed by atoms with Gasteiger partial charge in [-0.3, -0.25) is 14.2 Å². The Balaban J connectivity index is 1.49. The van der Waals surface area contributed by atoms with Crippen molar-refractivity contribution in [1.82, 2.24) is 28.6 Å². The Hall–Kier alpha value is -3.98. The van der Waals surface area contributed by atoms with E-state index < -0.39 is 0 Å². The van der Waals surface area contributed by atoms with E-state index in [4.69, 9.17) is 5.10 Å². The van der Waals surface area contributed by atoms with Gasteiger partial charge >= 0.3 is 0 Å². The number of halogens is 1. The van der Waals surface area contributed by atoms with Crippen molar-refractivity contribution >= 4 is 27.5 Å². The number of hydrogen-bond donors (Lipinski definition) is 0. The molecule has 1 atom stereocenters. The largest absolute Gasteiger partial charge is 0.334 e. The SMILES string of the molecule is Cc1cc(C(=O)N2Cc3c(c(=O)n(-c4ccc(-c5cncn5C)cc4)c4c(CC(C)C)cnn34)CC2C)ccc1Br. The van der Waals surface area contributed by atoms with Crippen LogP contribution in [0.1, 0.15) is 53.5 Å². The minimum absolute atomic E-state index is 0.0450. The van der Waals surface area contributed by atoms with Gasteiger partial charge in [0, 0.05) is 34.3 Å². The number of carbonyl (C=O) groups is 1. The van der Waals surface area contributed by atoms with Crippen LogP contribution in [0.3, 0.4) is 0 Å². The van der Waals surface area contributed by atoms with Crippen LogP contribution in [0.5, 0.6) is 0 Å². The van der Waals surface area contributed by atoms with Gasteiger partial charge in [-0.15, -0.1) is 0 Å². The number of fused-ring (bicyclic) bond motifs is 3. The maximum atomic E-state index is 14.3. The van der Waals surface area contributed by atoms with Crippen LogP contribution < -0.4 is 5.56 Å². The number of aromatic nitrogens is 5. The highest BCUT2D eigenvalue weighted by molar-refractivity contribution is 9.10. The summed E-state index contributed by atoms with van der Waals surface area (Å²) in [6.07, 6.45) is 6.72. The maximum absolute atomic E-state index is 14.3. The summed E-state index contributed by atoms with van der Waals surface area (Å²) >= 11 is 3.53. The van der Waals surface area contributed by atoms with E-state index in [1.807, 2.05) is 89.7 Å². The van der Waals surface area contributed by atoms with E-state index in [1.165, 1.54) is 0 Å². The van der Waals surface area contributed by atoms with E-state index in [0.29, 0.717) is 30.0 Å². The van der Waals surface area contributed by atoms with E-state index >= 15 is 0 Å². The monoisotopic (exact) mass is 612 g/mol. The number of amides is 1. The zero-order valence-corrected chi connectivity index (χ0v) is 25.5. The van der Waals surface area contributed by atoms with Crippen molar-refractivity contribution in [3.05, 3.63) is 104 Å². The van der Waals surface area contributed by atoms with Gasteiger partial charge in [0.1, 0.15) is 5.65 Å². The number of imidazole rings is 1. The lowest BCUT2D eigenvalue weighted by Gasteiger charge is -2.35. The van der Waals surface area contributed by atoms with Crippen LogP contribution >= 0.6 is 15.9 Å². The van der Waals surface area contributed by atoms with Gasteiger partial charge in [0.25, 0.3) is 11.5 Å².